The molecule has 9 heteroatoms. The number of hydrogen-bond acceptors (Lipinski definition) is 6. The molecule has 0 radical (unpaired) electrons. The topological polar surface area (TPSA) is 93.8 Å². The van der Waals surface area contributed by atoms with Gasteiger partial charge in [-0.2, -0.15) is 10.1 Å². The van der Waals surface area contributed by atoms with Crippen molar-refractivity contribution < 1.29 is 9.53 Å². The molecule has 25 heavy (non-hydrogen) atoms. The van der Waals surface area contributed by atoms with Crippen LogP contribution < -0.4 is 10.2 Å². The minimum absolute atomic E-state index is 0.000410. The van der Waals surface area contributed by atoms with E-state index >= 15 is 0 Å². The molecule has 0 atom stereocenters. The van der Waals surface area contributed by atoms with Crippen LogP contribution in [-0.4, -0.2) is 38.8 Å². The minimum atomic E-state index is -0.521. The quantitative estimate of drug-likeness (QED) is 0.533. The fourth-order valence-electron chi connectivity index (χ4n) is 2.28. The fraction of sp³-hybridized carbons (Fsp3) is 0.188. The van der Waals surface area contributed by atoms with Gasteiger partial charge in [0.05, 0.1) is 13.3 Å². The SMILES string of the molecule is COc1ccc(Br)cc1C=NNC(=O)c1nc2nc(C)cc(C)n2n1. The number of hydrazone groups is 1. The van der Waals surface area contributed by atoms with Crippen molar-refractivity contribution in [1.29, 1.82) is 0 Å². The zero-order valence-electron chi connectivity index (χ0n) is 13.8. The molecule has 0 aliphatic carbocycles. The largest absolute Gasteiger partial charge is 0.496 e. The number of rotatable bonds is 4. The molecule has 0 saturated heterocycles. The van der Waals surface area contributed by atoms with Crippen molar-refractivity contribution in [2.24, 2.45) is 5.10 Å². The second-order valence-electron chi connectivity index (χ2n) is 5.27. The number of ether oxygens (including phenoxy) is 1. The lowest BCUT2D eigenvalue weighted by molar-refractivity contribution is 0.0945. The maximum Gasteiger partial charge on any atom is 0.311 e. The molecular weight excluding hydrogens is 388 g/mol. The average molecular weight is 403 g/mol. The first-order valence-corrected chi connectivity index (χ1v) is 8.15. The zero-order chi connectivity index (χ0) is 18.0. The summed E-state index contributed by atoms with van der Waals surface area (Å²) in [7, 11) is 1.57. The van der Waals surface area contributed by atoms with Gasteiger partial charge in [0.1, 0.15) is 5.75 Å². The summed E-state index contributed by atoms with van der Waals surface area (Å²) < 4.78 is 7.64. The van der Waals surface area contributed by atoms with Crippen LogP contribution in [0.2, 0.25) is 0 Å². The molecule has 2 heterocycles. The van der Waals surface area contributed by atoms with E-state index in [1.165, 1.54) is 10.7 Å². The van der Waals surface area contributed by atoms with E-state index in [4.69, 9.17) is 4.74 Å². The Morgan fingerprint density at radius 3 is 2.88 bits per heavy atom. The predicted molar refractivity (Wildman–Crippen MR) is 96.0 cm³/mol. The van der Waals surface area contributed by atoms with Gasteiger partial charge in [-0.05, 0) is 38.1 Å². The molecule has 3 rings (SSSR count). The van der Waals surface area contributed by atoms with Crippen molar-refractivity contribution in [2.75, 3.05) is 7.11 Å². The van der Waals surface area contributed by atoms with Gasteiger partial charge in [-0.3, -0.25) is 4.79 Å². The first-order chi connectivity index (χ1) is 12.0. The number of carbonyl (C=O) groups is 1. The second kappa shape index (κ2) is 6.98. The van der Waals surface area contributed by atoms with Gasteiger partial charge in [-0.15, -0.1) is 5.10 Å². The van der Waals surface area contributed by atoms with E-state index in [2.05, 4.69) is 41.5 Å². The van der Waals surface area contributed by atoms with Gasteiger partial charge < -0.3 is 4.74 Å². The van der Waals surface area contributed by atoms with Crippen molar-refractivity contribution in [1.82, 2.24) is 25.0 Å². The van der Waals surface area contributed by atoms with Gasteiger partial charge in [0.15, 0.2) is 0 Å². The van der Waals surface area contributed by atoms with E-state index in [1.54, 1.807) is 13.2 Å². The van der Waals surface area contributed by atoms with Crippen molar-refractivity contribution in [3.8, 4) is 5.75 Å². The standard InChI is InChI=1S/C16H15BrN6O2/c1-9-6-10(2)23-16(19-9)20-14(22-23)15(24)21-18-8-11-7-12(17)4-5-13(11)25-3/h4-8H,1-3H3,(H,21,24). The van der Waals surface area contributed by atoms with Gasteiger partial charge >= 0.3 is 5.91 Å². The van der Waals surface area contributed by atoms with Crippen LogP contribution in [0.4, 0.5) is 0 Å². The van der Waals surface area contributed by atoms with E-state index < -0.39 is 5.91 Å². The third kappa shape index (κ3) is 3.66. The Labute approximate surface area is 152 Å². The number of nitrogens with one attached hydrogen (secondary N) is 1. The lowest BCUT2D eigenvalue weighted by atomic mass is 10.2. The molecule has 0 aliphatic heterocycles. The number of methoxy groups -OCH3 is 1. The van der Waals surface area contributed by atoms with Crippen molar-refractivity contribution >= 4 is 33.8 Å². The van der Waals surface area contributed by atoms with Gasteiger partial charge in [-0.1, -0.05) is 15.9 Å². The molecule has 0 bridgehead atoms. The molecule has 3 aromatic rings. The summed E-state index contributed by atoms with van der Waals surface area (Å²) >= 11 is 3.38. The van der Waals surface area contributed by atoms with E-state index in [0.717, 1.165) is 15.9 Å². The zero-order valence-corrected chi connectivity index (χ0v) is 15.4. The number of nitrogens with zero attached hydrogens (tertiary/aromatic N) is 5. The Morgan fingerprint density at radius 2 is 2.12 bits per heavy atom. The number of aryl methyl sites for hydroxylation is 2. The number of aromatic nitrogens is 4. The Balaban J connectivity index is 1.79. The monoisotopic (exact) mass is 402 g/mol. The normalized spacial score (nSPS) is 11.2. The molecule has 0 saturated carbocycles. The molecule has 2 aromatic heterocycles. The molecule has 128 valence electrons. The molecule has 8 nitrogen and oxygen atoms in total. The Bertz CT molecular complexity index is 982. The molecule has 0 fully saturated rings. The van der Waals surface area contributed by atoms with Crippen LogP contribution in [0.3, 0.4) is 0 Å². The summed E-state index contributed by atoms with van der Waals surface area (Å²) in [5, 5.41) is 8.09. The van der Waals surface area contributed by atoms with Crippen LogP contribution in [-0.2, 0) is 0 Å². The summed E-state index contributed by atoms with van der Waals surface area (Å²) in [5.74, 6) is 0.495. The number of hydrogen-bond donors (Lipinski definition) is 1. The molecule has 0 unspecified atom stereocenters. The summed E-state index contributed by atoms with van der Waals surface area (Å²) in [6.07, 6.45) is 1.49. The number of fused-ring (bicyclic) bond motifs is 1. The van der Waals surface area contributed by atoms with E-state index in [0.29, 0.717) is 17.1 Å². The molecule has 0 spiro atoms. The van der Waals surface area contributed by atoms with Crippen LogP contribution in [0.5, 0.6) is 5.75 Å². The van der Waals surface area contributed by atoms with Gasteiger partial charge in [0.2, 0.25) is 5.82 Å². The number of halogens is 1. The van der Waals surface area contributed by atoms with Gasteiger partial charge in [-0.25, -0.2) is 14.9 Å². The molecule has 1 amide bonds. The van der Waals surface area contributed by atoms with E-state index in [1.807, 2.05) is 32.0 Å². The maximum atomic E-state index is 12.2. The number of carbonyl (C=O) groups excluding carboxylic acids is 1. The molecule has 0 aliphatic rings. The highest BCUT2D eigenvalue weighted by Gasteiger charge is 2.14. The Morgan fingerprint density at radius 1 is 1.32 bits per heavy atom. The van der Waals surface area contributed by atoms with E-state index in [-0.39, 0.29) is 5.82 Å². The summed E-state index contributed by atoms with van der Waals surface area (Å²) in [6, 6.07) is 7.34. The average Bonchev–Trinajstić information content (AvgIpc) is 2.99. The predicted octanol–water partition coefficient (Wildman–Crippen LogP) is 2.28. The smallest absolute Gasteiger partial charge is 0.311 e. The van der Waals surface area contributed by atoms with Crippen molar-refractivity contribution in [3.63, 3.8) is 0 Å². The van der Waals surface area contributed by atoms with Crippen LogP contribution >= 0.6 is 15.9 Å². The lowest BCUT2D eigenvalue weighted by Gasteiger charge is -2.04. The first kappa shape index (κ1) is 17.0. The second-order valence-corrected chi connectivity index (χ2v) is 6.19. The number of benzene rings is 1. The third-order valence-electron chi connectivity index (χ3n) is 3.38. The minimum Gasteiger partial charge on any atom is -0.496 e. The van der Waals surface area contributed by atoms with Gasteiger partial charge in [0, 0.05) is 21.4 Å². The van der Waals surface area contributed by atoms with Crippen molar-refractivity contribution in [2.45, 2.75) is 13.8 Å². The van der Waals surface area contributed by atoms with Crippen LogP contribution in [0.25, 0.3) is 5.78 Å². The third-order valence-corrected chi connectivity index (χ3v) is 3.88. The number of amides is 1. The summed E-state index contributed by atoms with van der Waals surface area (Å²) in [5.41, 5.74) is 4.78. The van der Waals surface area contributed by atoms with Crippen LogP contribution in [0.15, 0.2) is 33.8 Å². The fourth-order valence-corrected chi connectivity index (χ4v) is 2.66. The lowest BCUT2D eigenvalue weighted by Crippen LogP contribution is -2.19. The first-order valence-electron chi connectivity index (χ1n) is 7.36. The Hall–Kier alpha value is -2.81. The van der Waals surface area contributed by atoms with Crippen molar-refractivity contribution in [3.05, 3.63) is 51.5 Å². The van der Waals surface area contributed by atoms with Crippen LogP contribution in [0.1, 0.15) is 27.6 Å². The highest BCUT2D eigenvalue weighted by Crippen LogP contribution is 2.21. The van der Waals surface area contributed by atoms with E-state index in [9.17, 15) is 4.79 Å². The summed E-state index contributed by atoms with van der Waals surface area (Å²) in [6.45, 7) is 3.73. The molecule has 1 aromatic carbocycles. The van der Waals surface area contributed by atoms with Gasteiger partial charge in [0.25, 0.3) is 5.78 Å². The molecular formula is C16H15BrN6O2. The van der Waals surface area contributed by atoms with Crippen LogP contribution in [0, 0.1) is 13.8 Å². The molecule has 1 N–H and O–H groups in total. The highest BCUT2D eigenvalue weighted by atomic mass is 79.9. The summed E-state index contributed by atoms with van der Waals surface area (Å²) in [4.78, 5) is 20.6. The maximum absolute atomic E-state index is 12.2. The Kier molecular flexibility index (Phi) is 4.75. The highest BCUT2D eigenvalue weighted by molar-refractivity contribution is 9.10.